The summed E-state index contributed by atoms with van der Waals surface area (Å²) in [5, 5.41) is 2.88. The average Bonchev–Trinajstić information content (AvgIpc) is 3.05. The number of rotatable bonds is 4. The van der Waals surface area contributed by atoms with Crippen molar-refractivity contribution in [2.75, 3.05) is 11.9 Å². The first-order valence-electron chi connectivity index (χ1n) is 6.64. The van der Waals surface area contributed by atoms with E-state index in [-0.39, 0.29) is 0 Å². The molecule has 0 saturated heterocycles. The Kier molecular flexibility index (Phi) is 3.84. The number of nitrogens with two attached hydrogens (primary N) is 1. The quantitative estimate of drug-likeness (QED) is 0.804. The molecule has 0 aliphatic carbocycles. The number of carbonyl (C=O) groups is 1. The van der Waals surface area contributed by atoms with Crippen molar-refractivity contribution in [3.63, 3.8) is 0 Å². The maximum atomic E-state index is 11.1. The molecule has 0 atom stereocenters. The zero-order valence-corrected chi connectivity index (χ0v) is 12.7. The first kappa shape index (κ1) is 14.2. The van der Waals surface area contributed by atoms with E-state index in [0.717, 1.165) is 22.1 Å². The number of nitrogens with zero attached hydrogens (tertiary/aromatic N) is 3. The number of aromatic nitrogens is 2. The van der Waals surface area contributed by atoms with Crippen molar-refractivity contribution in [3.8, 4) is 11.3 Å². The molecule has 0 saturated carbocycles. The van der Waals surface area contributed by atoms with Gasteiger partial charge in [-0.15, -0.1) is 11.3 Å². The first-order valence-corrected chi connectivity index (χ1v) is 7.52. The Balaban J connectivity index is 1.86. The smallest absolute Gasteiger partial charge is 0.248 e. The lowest BCUT2D eigenvalue weighted by molar-refractivity contribution is 0.100. The van der Waals surface area contributed by atoms with Gasteiger partial charge in [-0.05, 0) is 24.3 Å². The summed E-state index contributed by atoms with van der Waals surface area (Å²) in [7, 11) is 1.97. The molecule has 3 aromatic rings. The van der Waals surface area contributed by atoms with Gasteiger partial charge < -0.3 is 10.6 Å². The van der Waals surface area contributed by atoms with Gasteiger partial charge in [0.25, 0.3) is 0 Å². The molecule has 3 rings (SSSR count). The molecule has 2 N–H and O–H groups in total. The molecular formula is C16H14N4OS. The maximum absolute atomic E-state index is 11.1. The molecule has 22 heavy (non-hydrogen) atoms. The van der Waals surface area contributed by atoms with Crippen LogP contribution < -0.4 is 10.6 Å². The van der Waals surface area contributed by atoms with E-state index < -0.39 is 5.91 Å². The Bertz CT molecular complexity index is 783. The molecule has 0 unspecified atom stereocenters. The molecule has 1 aromatic carbocycles. The van der Waals surface area contributed by atoms with Crippen molar-refractivity contribution in [2.24, 2.45) is 5.73 Å². The van der Waals surface area contributed by atoms with E-state index in [1.807, 2.05) is 41.6 Å². The highest BCUT2D eigenvalue weighted by Crippen LogP contribution is 2.30. The Labute approximate surface area is 132 Å². The predicted octanol–water partition coefficient (Wildman–Crippen LogP) is 3.07. The van der Waals surface area contributed by atoms with Crippen LogP contribution in [0.1, 0.15) is 10.4 Å². The number of benzene rings is 1. The molecule has 0 spiro atoms. The van der Waals surface area contributed by atoms with Gasteiger partial charge >= 0.3 is 0 Å². The van der Waals surface area contributed by atoms with Gasteiger partial charge in [-0.1, -0.05) is 12.1 Å². The first-order chi connectivity index (χ1) is 10.6. The molecule has 2 aromatic heterocycles. The number of amides is 1. The Morgan fingerprint density at radius 3 is 2.45 bits per heavy atom. The molecule has 110 valence electrons. The summed E-state index contributed by atoms with van der Waals surface area (Å²) >= 11 is 1.56. The fourth-order valence-corrected chi connectivity index (χ4v) is 2.85. The van der Waals surface area contributed by atoms with Crippen LogP contribution in [0, 0.1) is 0 Å². The second kappa shape index (κ2) is 5.95. The van der Waals surface area contributed by atoms with Gasteiger partial charge in [0.05, 0.1) is 5.69 Å². The molecule has 6 heteroatoms. The van der Waals surface area contributed by atoms with Crippen LogP contribution in [-0.2, 0) is 0 Å². The summed E-state index contributed by atoms with van der Waals surface area (Å²) in [5.74, 6) is -0.428. The lowest BCUT2D eigenvalue weighted by atomic mass is 10.1. The van der Waals surface area contributed by atoms with Crippen LogP contribution in [0.2, 0.25) is 0 Å². The summed E-state index contributed by atoms with van der Waals surface area (Å²) < 4.78 is 0. The van der Waals surface area contributed by atoms with Gasteiger partial charge in [0.2, 0.25) is 5.91 Å². The van der Waals surface area contributed by atoms with Crippen LogP contribution in [0.4, 0.5) is 10.8 Å². The van der Waals surface area contributed by atoms with Gasteiger partial charge in [0.1, 0.15) is 0 Å². The van der Waals surface area contributed by atoms with E-state index in [9.17, 15) is 4.79 Å². The highest BCUT2D eigenvalue weighted by Gasteiger charge is 2.10. The topological polar surface area (TPSA) is 72.1 Å². The van der Waals surface area contributed by atoms with E-state index in [0.29, 0.717) is 5.56 Å². The summed E-state index contributed by atoms with van der Waals surface area (Å²) in [6, 6.07) is 11.0. The van der Waals surface area contributed by atoms with E-state index in [4.69, 9.17) is 5.73 Å². The van der Waals surface area contributed by atoms with E-state index >= 15 is 0 Å². The average molecular weight is 310 g/mol. The minimum Gasteiger partial charge on any atom is -0.366 e. The Morgan fingerprint density at radius 1 is 1.14 bits per heavy atom. The van der Waals surface area contributed by atoms with Gasteiger partial charge in [0, 0.05) is 41.6 Å². The van der Waals surface area contributed by atoms with Crippen molar-refractivity contribution in [1.29, 1.82) is 0 Å². The van der Waals surface area contributed by atoms with Crippen molar-refractivity contribution < 1.29 is 4.79 Å². The molecule has 1 amide bonds. The monoisotopic (exact) mass is 310 g/mol. The summed E-state index contributed by atoms with van der Waals surface area (Å²) in [5.41, 5.74) is 8.59. The van der Waals surface area contributed by atoms with Gasteiger partial charge in [-0.25, -0.2) is 4.98 Å². The minimum atomic E-state index is -0.428. The van der Waals surface area contributed by atoms with Gasteiger partial charge in [0.15, 0.2) is 5.13 Å². The van der Waals surface area contributed by atoms with Crippen LogP contribution in [0.25, 0.3) is 11.3 Å². The fraction of sp³-hybridized carbons (Fsp3) is 0.0625. The van der Waals surface area contributed by atoms with Crippen LogP contribution in [0.5, 0.6) is 0 Å². The zero-order chi connectivity index (χ0) is 15.5. The van der Waals surface area contributed by atoms with Crippen molar-refractivity contribution in [3.05, 3.63) is 59.7 Å². The SMILES string of the molecule is CN(c1ccncc1)c1nc(-c2ccc(C(N)=O)cc2)cs1. The Morgan fingerprint density at radius 2 is 1.82 bits per heavy atom. The largest absolute Gasteiger partial charge is 0.366 e. The lowest BCUT2D eigenvalue weighted by Gasteiger charge is -2.14. The lowest BCUT2D eigenvalue weighted by Crippen LogP contribution is -2.10. The molecule has 0 aliphatic heterocycles. The van der Waals surface area contributed by atoms with E-state index in [1.54, 1.807) is 35.9 Å². The van der Waals surface area contributed by atoms with Crippen molar-refractivity contribution >= 4 is 28.1 Å². The van der Waals surface area contributed by atoms with Gasteiger partial charge in [-0.2, -0.15) is 0 Å². The van der Waals surface area contributed by atoms with E-state index in [1.165, 1.54) is 0 Å². The zero-order valence-electron chi connectivity index (χ0n) is 11.9. The third kappa shape index (κ3) is 2.82. The highest BCUT2D eigenvalue weighted by atomic mass is 32.1. The van der Waals surface area contributed by atoms with Crippen LogP contribution in [-0.4, -0.2) is 22.9 Å². The molecule has 0 fully saturated rings. The van der Waals surface area contributed by atoms with Crippen molar-refractivity contribution in [1.82, 2.24) is 9.97 Å². The second-order valence-electron chi connectivity index (χ2n) is 4.72. The molecule has 0 bridgehead atoms. The molecule has 0 radical (unpaired) electrons. The molecule has 5 nitrogen and oxygen atoms in total. The Hall–Kier alpha value is -2.73. The van der Waals surface area contributed by atoms with Gasteiger partial charge in [-0.3, -0.25) is 9.78 Å². The second-order valence-corrected chi connectivity index (χ2v) is 5.56. The standard InChI is InChI=1S/C16H14N4OS/c1-20(13-6-8-18-9-7-13)16-19-14(10-22-16)11-2-4-12(5-3-11)15(17)21/h2-10H,1H3,(H2,17,21). The minimum absolute atomic E-state index is 0.428. The number of hydrogen-bond acceptors (Lipinski definition) is 5. The third-order valence-corrected chi connectivity index (χ3v) is 4.21. The highest BCUT2D eigenvalue weighted by molar-refractivity contribution is 7.14. The van der Waals surface area contributed by atoms with E-state index in [2.05, 4.69) is 9.97 Å². The number of pyridine rings is 1. The number of hydrogen-bond donors (Lipinski definition) is 1. The summed E-state index contributed by atoms with van der Waals surface area (Å²) in [6.07, 6.45) is 3.51. The van der Waals surface area contributed by atoms with Crippen LogP contribution in [0.15, 0.2) is 54.2 Å². The molecular weight excluding hydrogens is 296 g/mol. The fourth-order valence-electron chi connectivity index (χ4n) is 2.03. The summed E-state index contributed by atoms with van der Waals surface area (Å²) in [4.78, 5) is 21.8. The number of carbonyl (C=O) groups excluding carboxylic acids is 1. The number of thiazole rings is 1. The molecule has 0 aliphatic rings. The normalized spacial score (nSPS) is 10.4. The summed E-state index contributed by atoms with van der Waals surface area (Å²) in [6.45, 7) is 0. The number of anilines is 2. The molecule has 2 heterocycles. The predicted molar refractivity (Wildman–Crippen MR) is 88.4 cm³/mol. The maximum Gasteiger partial charge on any atom is 0.248 e. The third-order valence-electron chi connectivity index (χ3n) is 3.29. The van der Waals surface area contributed by atoms with Crippen LogP contribution >= 0.6 is 11.3 Å². The number of primary amides is 1. The van der Waals surface area contributed by atoms with Crippen molar-refractivity contribution in [2.45, 2.75) is 0 Å². The van der Waals surface area contributed by atoms with Crippen LogP contribution in [0.3, 0.4) is 0 Å².